The predicted molar refractivity (Wildman–Crippen MR) is 76.4 cm³/mol. The standard InChI is InChI=1S/C11H12BrFN4O3S/c1-6-16-11(20-17-6)2-3-15-21(18,19)10-5-9(14)8(13)4-7(10)12/h4-5,15H,2-3,14H2,1H3. The van der Waals surface area contributed by atoms with Crippen molar-refractivity contribution in [1.29, 1.82) is 0 Å². The van der Waals surface area contributed by atoms with Crippen molar-refractivity contribution in [3.05, 3.63) is 34.1 Å². The summed E-state index contributed by atoms with van der Waals surface area (Å²) in [6.45, 7) is 1.73. The van der Waals surface area contributed by atoms with Crippen molar-refractivity contribution < 1.29 is 17.3 Å². The van der Waals surface area contributed by atoms with Gasteiger partial charge in [0.15, 0.2) is 5.82 Å². The van der Waals surface area contributed by atoms with Crippen LogP contribution < -0.4 is 10.5 Å². The van der Waals surface area contributed by atoms with Crippen molar-refractivity contribution in [2.45, 2.75) is 18.2 Å². The van der Waals surface area contributed by atoms with Gasteiger partial charge in [0.2, 0.25) is 15.9 Å². The molecular weight excluding hydrogens is 367 g/mol. The van der Waals surface area contributed by atoms with Gasteiger partial charge in [0, 0.05) is 17.4 Å². The van der Waals surface area contributed by atoms with Gasteiger partial charge in [-0.15, -0.1) is 0 Å². The van der Waals surface area contributed by atoms with Crippen LogP contribution in [0.3, 0.4) is 0 Å². The van der Waals surface area contributed by atoms with E-state index in [0.717, 1.165) is 12.1 Å². The average molecular weight is 379 g/mol. The average Bonchev–Trinajstić information content (AvgIpc) is 2.79. The van der Waals surface area contributed by atoms with Crippen molar-refractivity contribution in [3.8, 4) is 0 Å². The molecule has 2 rings (SSSR count). The second kappa shape index (κ2) is 6.08. The number of aryl methyl sites for hydroxylation is 1. The lowest BCUT2D eigenvalue weighted by molar-refractivity contribution is 0.375. The van der Waals surface area contributed by atoms with E-state index in [-0.39, 0.29) is 28.0 Å². The minimum Gasteiger partial charge on any atom is -0.396 e. The van der Waals surface area contributed by atoms with E-state index < -0.39 is 15.8 Å². The zero-order chi connectivity index (χ0) is 15.6. The number of anilines is 1. The van der Waals surface area contributed by atoms with Gasteiger partial charge in [-0.2, -0.15) is 4.98 Å². The monoisotopic (exact) mass is 378 g/mol. The van der Waals surface area contributed by atoms with Gasteiger partial charge in [0.1, 0.15) is 5.82 Å². The molecule has 0 saturated carbocycles. The van der Waals surface area contributed by atoms with Gasteiger partial charge in [0.25, 0.3) is 0 Å². The summed E-state index contributed by atoms with van der Waals surface area (Å²) in [6, 6.07) is 2.06. The van der Waals surface area contributed by atoms with Crippen molar-refractivity contribution in [1.82, 2.24) is 14.9 Å². The summed E-state index contributed by atoms with van der Waals surface area (Å²) in [5, 5.41) is 3.60. The quantitative estimate of drug-likeness (QED) is 0.760. The number of nitrogens with two attached hydrogens (primary N) is 1. The first-order chi connectivity index (χ1) is 9.79. The number of rotatable bonds is 5. The molecule has 0 spiro atoms. The van der Waals surface area contributed by atoms with Crippen LogP contribution in [0.4, 0.5) is 10.1 Å². The first-order valence-corrected chi connectivity index (χ1v) is 8.10. The molecule has 0 saturated heterocycles. The SMILES string of the molecule is Cc1noc(CCNS(=O)(=O)c2cc(N)c(F)cc2Br)n1. The molecule has 114 valence electrons. The summed E-state index contributed by atoms with van der Waals surface area (Å²) in [5.74, 6) is 0.108. The highest BCUT2D eigenvalue weighted by molar-refractivity contribution is 9.10. The Kier molecular flexibility index (Phi) is 4.59. The Hall–Kier alpha value is -1.52. The normalized spacial score (nSPS) is 11.8. The van der Waals surface area contributed by atoms with Crippen LogP contribution in [-0.2, 0) is 16.4 Å². The Labute approximate surface area is 128 Å². The van der Waals surface area contributed by atoms with E-state index in [0.29, 0.717) is 11.7 Å². The Morgan fingerprint density at radius 1 is 1.48 bits per heavy atom. The van der Waals surface area contributed by atoms with Gasteiger partial charge >= 0.3 is 0 Å². The summed E-state index contributed by atoms with van der Waals surface area (Å²) in [7, 11) is -3.83. The zero-order valence-electron chi connectivity index (χ0n) is 10.9. The number of halogens is 2. The molecule has 0 fully saturated rings. The fourth-order valence-electron chi connectivity index (χ4n) is 1.56. The molecule has 7 nitrogen and oxygen atoms in total. The van der Waals surface area contributed by atoms with Crippen molar-refractivity contribution >= 4 is 31.6 Å². The van der Waals surface area contributed by atoms with E-state index in [9.17, 15) is 12.8 Å². The van der Waals surface area contributed by atoms with Gasteiger partial charge in [-0.1, -0.05) is 5.16 Å². The lowest BCUT2D eigenvalue weighted by Gasteiger charge is -2.09. The lowest BCUT2D eigenvalue weighted by atomic mass is 10.3. The third-order valence-corrected chi connectivity index (χ3v) is 4.96. The highest BCUT2D eigenvalue weighted by Crippen LogP contribution is 2.26. The van der Waals surface area contributed by atoms with Crippen LogP contribution in [-0.4, -0.2) is 25.1 Å². The van der Waals surface area contributed by atoms with Crippen molar-refractivity contribution in [2.75, 3.05) is 12.3 Å². The van der Waals surface area contributed by atoms with Gasteiger partial charge < -0.3 is 10.3 Å². The van der Waals surface area contributed by atoms with Crippen LogP contribution in [0.1, 0.15) is 11.7 Å². The molecule has 2 aromatic rings. The minimum absolute atomic E-state index is 0.0632. The van der Waals surface area contributed by atoms with Crippen LogP contribution in [0, 0.1) is 12.7 Å². The molecule has 0 aliphatic carbocycles. The molecule has 1 heterocycles. The summed E-state index contributed by atoms with van der Waals surface area (Å²) in [6.07, 6.45) is 0.244. The predicted octanol–water partition coefficient (Wildman–Crippen LogP) is 1.38. The molecule has 0 amide bonds. The van der Waals surface area contributed by atoms with E-state index in [1.807, 2.05) is 0 Å². The summed E-state index contributed by atoms with van der Waals surface area (Å²) in [5.41, 5.74) is 5.14. The van der Waals surface area contributed by atoms with Crippen molar-refractivity contribution in [2.24, 2.45) is 0 Å². The van der Waals surface area contributed by atoms with Crippen LogP contribution in [0.25, 0.3) is 0 Å². The fourth-order valence-corrected chi connectivity index (χ4v) is 3.64. The summed E-state index contributed by atoms with van der Waals surface area (Å²) in [4.78, 5) is 3.82. The largest absolute Gasteiger partial charge is 0.396 e. The number of benzene rings is 1. The van der Waals surface area contributed by atoms with E-state index in [4.69, 9.17) is 10.3 Å². The summed E-state index contributed by atoms with van der Waals surface area (Å²) < 4.78 is 44.8. The number of hydrogen-bond acceptors (Lipinski definition) is 6. The van der Waals surface area contributed by atoms with Crippen molar-refractivity contribution in [3.63, 3.8) is 0 Å². The van der Waals surface area contributed by atoms with E-state index in [1.165, 1.54) is 0 Å². The van der Waals surface area contributed by atoms with Gasteiger partial charge in [0.05, 0.1) is 10.6 Å². The molecule has 0 bridgehead atoms. The van der Waals surface area contributed by atoms with Gasteiger partial charge in [-0.05, 0) is 35.0 Å². The maximum Gasteiger partial charge on any atom is 0.241 e. The number of sulfonamides is 1. The molecule has 10 heteroatoms. The summed E-state index contributed by atoms with van der Waals surface area (Å²) >= 11 is 3.00. The Morgan fingerprint density at radius 3 is 2.81 bits per heavy atom. The Morgan fingerprint density at radius 2 is 2.19 bits per heavy atom. The fraction of sp³-hybridized carbons (Fsp3) is 0.273. The Balaban J connectivity index is 2.10. The Bertz CT molecular complexity index is 763. The molecule has 21 heavy (non-hydrogen) atoms. The van der Waals surface area contributed by atoms with E-state index in [2.05, 4.69) is 30.8 Å². The first-order valence-electron chi connectivity index (χ1n) is 5.83. The number of nitrogens with one attached hydrogen (secondary N) is 1. The molecule has 1 aromatic carbocycles. The molecule has 1 aromatic heterocycles. The van der Waals surface area contributed by atoms with Crippen LogP contribution >= 0.6 is 15.9 Å². The molecular formula is C11H12BrFN4O3S. The second-order valence-corrected chi connectivity index (χ2v) is 6.78. The second-order valence-electron chi connectivity index (χ2n) is 4.19. The smallest absolute Gasteiger partial charge is 0.241 e. The number of hydrogen-bond donors (Lipinski definition) is 2. The third-order valence-electron chi connectivity index (χ3n) is 2.54. The third kappa shape index (κ3) is 3.77. The topological polar surface area (TPSA) is 111 Å². The maximum absolute atomic E-state index is 13.2. The van der Waals surface area contributed by atoms with Gasteiger partial charge in [-0.3, -0.25) is 0 Å². The maximum atomic E-state index is 13.2. The lowest BCUT2D eigenvalue weighted by Crippen LogP contribution is -2.26. The number of nitrogens with zero attached hydrogens (tertiary/aromatic N) is 2. The van der Waals surface area contributed by atoms with Crippen LogP contribution in [0.2, 0.25) is 0 Å². The van der Waals surface area contributed by atoms with E-state index >= 15 is 0 Å². The molecule has 0 radical (unpaired) electrons. The van der Waals surface area contributed by atoms with E-state index in [1.54, 1.807) is 6.92 Å². The number of nitrogen functional groups attached to an aromatic ring is 1. The van der Waals surface area contributed by atoms with Crippen LogP contribution in [0.5, 0.6) is 0 Å². The molecule has 0 aliphatic heterocycles. The molecule has 0 atom stereocenters. The van der Waals surface area contributed by atoms with Crippen LogP contribution in [0.15, 0.2) is 26.0 Å². The van der Waals surface area contributed by atoms with Gasteiger partial charge in [-0.25, -0.2) is 17.5 Å². The number of aromatic nitrogens is 2. The minimum atomic E-state index is -3.83. The molecule has 0 aliphatic rings. The first kappa shape index (κ1) is 15.9. The highest BCUT2D eigenvalue weighted by atomic mass is 79.9. The zero-order valence-corrected chi connectivity index (χ0v) is 13.3. The molecule has 3 N–H and O–H groups in total. The highest BCUT2D eigenvalue weighted by Gasteiger charge is 2.19. The molecule has 0 unspecified atom stereocenters.